The van der Waals surface area contributed by atoms with Crippen LogP contribution in [0.3, 0.4) is 0 Å². The molecule has 5 nitrogen and oxygen atoms in total. The normalized spacial score (nSPS) is 23.5. The van der Waals surface area contributed by atoms with E-state index in [1.807, 2.05) is 48.5 Å². The molecule has 2 aliphatic carbocycles. The van der Waals surface area contributed by atoms with Crippen LogP contribution in [0.5, 0.6) is 11.5 Å². The van der Waals surface area contributed by atoms with Crippen LogP contribution in [-0.2, 0) is 14.4 Å². The number of ketones is 3. The zero-order valence-corrected chi connectivity index (χ0v) is 17.4. The zero-order chi connectivity index (χ0) is 21.3. The van der Waals surface area contributed by atoms with E-state index < -0.39 is 17.3 Å². The summed E-state index contributed by atoms with van der Waals surface area (Å²) in [6.07, 6.45) is 1.74. The molecule has 2 aromatic carbocycles. The van der Waals surface area contributed by atoms with E-state index in [9.17, 15) is 14.4 Å². The fourth-order valence-corrected chi connectivity index (χ4v) is 5.29. The van der Waals surface area contributed by atoms with Crippen molar-refractivity contribution in [1.82, 2.24) is 0 Å². The molecule has 0 N–H and O–H groups in total. The van der Waals surface area contributed by atoms with Gasteiger partial charge in [0.05, 0.1) is 14.2 Å². The van der Waals surface area contributed by atoms with Gasteiger partial charge in [-0.15, -0.1) is 0 Å². The lowest BCUT2D eigenvalue weighted by Gasteiger charge is -2.49. The van der Waals surface area contributed by atoms with Crippen LogP contribution in [0.2, 0.25) is 0 Å². The van der Waals surface area contributed by atoms with E-state index in [0.29, 0.717) is 30.8 Å². The third kappa shape index (κ3) is 3.22. The molecule has 5 heteroatoms. The van der Waals surface area contributed by atoms with E-state index >= 15 is 0 Å². The molecule has 0 aliphatic heterocycles. The summed E-state index contributed by atoms with van der Waals surface area (Å²) in [6, 6.07) is 14.8. The van der Waals surface area contributed by atoms with E-state index in [1.54, 1.807) is 14.2 Å². The third-order valence-corrected chi connectivity index (χ3v) is 6.73. The number of benzene rings is 2. The number of Topliss-reactive ketones (excluding diaryl/α,β-unsaturated/α-hetero) is 3. The molecule has 0 heterocycles. The number of methoxy groups -OCH3 is 2. The first-order valence-corrected chi connectivity index (χ1v) is 10.4. The minimum atomic E-state index is -1.20. The molecule has 2 atom stereocenters. The lowest BCUT2D eigenvalue weighted by Crippen LogP contribution is -2.54. The van der Waals surface area contributed by atoms with E-state index in [-0.39, 0.29) is 30.2 Å². The van der Waals surface area contributed by atoms with Gasteiger partial charge in [0.25, 0.3) is 0 Å². The number of hydrogen-bond acceptors (Lipinski definition) is 5. The number of carbonyl (C=O) groups is 3. The number of rotatable bonds is 4. The van der Waals surface area contributed by atoms with Crippen LogP contribution >= 0.6 is 0 Å². The Morgan fingerprint density at radius 3 is 1.47 bits per heavy atom. The van der Waals surface area contributed by atoms with Crippen molar-refractivity contribution in [2.45, 2.75) is 43.9 Å². The second-order valence-electron chi connectivity index (χ2n) is 8.17. The summed E-state index contributed by atoms with van der Waals surface area (Å²) in [4.78, 5) is 39.9. The topological polar surface area (TPSA) is 69.7 Å². The SMILES string of the molecule is COc1ccc(C2CC(=O)CC(c3ccc(OC)cc3)C23C(=O)CCCC3=O)cc1. The van der Waals surface area contributed by atoms with E-state index in [0.717, 1.165) is 11.1 Å². The van der Waals surface area contributed by atoms with Gasteiger partial charge < -0.3 is 9.47 Å². The van der Waals surface area contributed by atoms with Crippen molar-refractivity contribution in [3.05, 3.63) is 59.7 Å². The highest BCUT2D eigenvalue weighted by molar-refractivity contribution is 6.12. The molecule has 156 valence electrons. The Bertz CT molecular complexity index is 881. The summed E-state index contributed by atoms with van der Waals surface area (Å²) in [5.41, 5.74) is 0.479. The molecular formula is C25H26O5. The zero-order valence-electron chi connectivity index (χ0n) is 17.4. The molecule has 0 amide bonds. The minimum absolute atomic E-state index is 0.0344. The third-order valence-electron chi connectivity index (χ3n) is 6.73. The molecule has 30 heavy (non-hydrogen) atoms. The Hall–Kier alpha value is -2.95. The first-order valence-electron chi connectivity index (χ1n) is 10.4. The van der Waals surface area contributed by atoms with Crippen LogP contribution in [0.25, 0.3) is 0 Å². The van der Waals surface area contributed by atoms with Gasteiger partial charge in [-0.1, -0.05) is 24.3 Å². The molecule has 1 spiro atoms. The second kappa shape index (κ2) is 8.05. The van der Waals surface area contributed by atoms with Crippen molar-refractivity contribution >= 4 is 17.3 Å². The Balaban J connectivity index is 1.88. The molecule has 2 aromatic rings. The second-order valence-corrected chi connectivity index (χ2v) is 8.17. The van der Waals surface area contributed by atoms with Gasteiger partial charge in [-0.05, 0) is 41.8 Å². The molecule has 2 aliphatic rings. The average Bonchev–Trinajstić information content (AvgIpc) is 2.78. The molecule has 4 rings (SSSR count). The number of ether oxygens (including phenoxy) is 2. The van der Waals surface area contributed by atoms with Gasteiger partial charge in [0.1, 0.15) is 34.3 Å². The lowest BCUT2D eigenvalue weighted by molar-refractivity contribution is -0.151. The predicted molar refractivity (Wildman–Crippen MR) is 112 cm³/mol. The van der Waals surface area contributed by atoms with Crippen LogP contribution < -0.4 is 9.47 Å². The lowest BCUT2D eigenvalue weighted by atomic mass is 9.50. The smallest absolute Gasteiger partial charge is 0.147 e. The summed E-state index contributed by atoms with van der Waals surface area (Å²) in [7, 11) is 3.18. The number of hydrogen-bond donors (Lipinski definition) is 0. The Morgan fingerprint density at radius 1 is 0.700 bits per heavy atom. The molecule has 0 aromatic heterocycles. The first kappa shape index (κ1) is 20.3. The van der Waals surface area contributed by atoms with Crippen molar-refractivity contribution in [1.29, 1.82) is 0 Å². The summed E-state index contributed by atoms with van der Waals surface area (Å²) in [5, 5.41) is 0. The van der Waals surface area contributed by atoms with E-state index in [4.69, 9.17) is 9.47 Å². The van der Waals surface area contributed by atoms with Gasteiger partial charge in [0.15, 0.2) is 0 Å². The maximum absolute atomic E-state index is 13.5. The largest absolute Gasteiger partial charge is 0.497 e. The van der Waals surface area contributed by atoms with Crippen LogP contribution in [0, 0.1) is 5.41 Å². The Kier molecular flexibility index (Phi) is 5.46. The molecule has 0 bridgehead atoms. The first-order chi connectivity index (χ1) is 14.5. The Labute approximate surface area is 176 Å². The highest BCUT2D eigenvalue weighted by Crippen LogP contribution is 2.57. The van der Waals surface area contributed by atoms with Gasteiger partial charge in [-0.2, -0.15) is 0 Å². The highest BCUT2D eigenvalue weighted by atomic mass is 16.5. The fourth-order valence-electron chi connectivity index (χ4n) is 5.29. The maximum Gasteiger partial charge on any atom is 0.147 e. The standard InChI is InChI=1S/C25H26O5/c1-29-19-10-6-16(7-11-19)21-14-18(26)15-22(17-8-12-20(30-2)13-9-17)25(21)23(27)4-3-5-24(25)28/h6-13,21-22H,3-5,14-15H2,1-2H3. The quantitative estimate of drug-likeness (QED) is 0.710. The van der Waals surface area contributed by atoms with Crippen molar-refractivity contribution in [2.24, 2.45) is 5.41 Å². The van der Waals surface area contributed by atoms with E-state index in [2.05, 4.69) is 0 Å². The van der Waals surface area contributed by atoms with Gasteiger partial charge >= 0.3 is 0 Å². The molecule has 0 saturated heterocycles. The molecule has 2 saturated carbocycles. The molecule has 0 radical (unpaired) electrons. The monoisotopic (exact) mass is 406 g/mol. The summed E-state index contributed by atoms with van der Waals surface area (Å²) in [5.74, 6) is 0.481. The van der Waals surface area contributed by atoms with Crippen molar-refractivity contribution < 1.29 is 23.9 Å². The number of carbonyl (C=O) groups excluding carboxylic acids is 3. The molecule has 2 fully saturated rings. The van der Waals surface area contributed by atoms with Crippen LogP contribution in [0.1, 0.15) is 55.1 Å². The fraction of sp³-hybridized carbons (Fsp3) is 0.400. The van der Waals surface area contributed by atoms with Gasteiger partial charge in [-0.3, -0.25) is 14.4 Å². The van der Waals surface area contributed by atoms with Crippen molar-refractivity contribution in [3.8, 4) is 11.5 Å². The van der Waals surface area contributed by atoms with Gasteiger partial charge in [0.2, 0.25) is 0 Å². The molecule has 2 unspecified atom stereocenters. The van der Waals surface area contributed by atoms with Gasteiger partial charge in [0, 0.05) is 37.5 Å². The van der Waals surface area contributed by atoms with E-state index in [1.165, 1.54) is 0 Å². The Morgan fingerprint density at radius 2 is 1.10 bits per heavy atom. The summed E-state index contributed by atoms with van der Waals surface area (Å²) in [6.45, 7) is 0. The van der Waals surface area contributed by atoms with Crippen LogP contribution in [0.4, 0.5) is 0 Å². The van der Waals surface area contributed by atoms with Crippen LogP contribution in [-0.4, -0.2) is 31.6 Å². The summed E-state index contributed by atoms with van der Waals surface area (Å²) >= 11 is 0. The molecular weight excluding hydrogens is 380 g/mol. The van der Waals surface area contributed by atoms with Gasteiger partial charge in [-0.25, -0.2) is 0 Å². The average molecular weight is 406 g/mol. The van der Waals surface area contributed by atoms with Crippen LogP contribution in [0.15, 0.2) is 48.5 Å². The van der Waals surface area contributed by atoms with Crippen molar-refractivity contribution in [3.63, 3.8) is 0 Å². The minimum Gasteiger partial charge on any atom is -0.497 e. The van der Waals surface area contributed by atoms with Crippen molar-refractivity contribution in [2.75, 3.05) is 14.2 Å². The predicted octanol–water partition coefficient (Wildman–Crippen LogP) is 4.24. The summed E-state index contributed by atoms with van der Waals surface area (Å²) < 4.78 is 10.5. The highest BCUT2D eigenvalue weighted by Gasteiger charge is 2.60. The maximum atomic E-state index is 13.5.